The topological polar surface area (TPSA) is 77.9 Å². The van der Waals surface area contributed by atoms with Crippen molar-refractivity contribution in [1.82, 2.24) is 14.3 Å². The third kappa shape index (κ3) is 2.84. The van der Waals surface area contributed by atoms with Crippen molar-refractivity contribution in [3.63, 3.8) is 0 Å². The van der Waals surface area contributed by atoms with Crippen LogP contribution in [0.4, 0.5) is 5.82 Å². The molecule has 2 aromatic rings. The molecule has 18 heavy (non-hydrogen) atoms. The molecular weight excluding hydrogens is 254 g/mol. The molecule has 0 spiro atoms. The molecule has 6 nitrogen and oxygen atoms in total. The molecule has 2 heterocycles. The zero-order chi connectivity index (χ0) is 12.4. The molecule has 98 valence electrons. The van der Waals surface area contributed by atoms with Crippen LogP contribution in [-0.2, 0) is 20.6 Å². The number of carbonyl (C=O) groups excluding carboxylic acids is 1. The SMILES string of the molecule is Cl.Cn1cccc1CNc1cc(C(N)=O)n(C)n1. The molecule has 3 N–H and O–H groups in total. The monoisotopic (exact) mass is 269 g/mol. The highest BCUT2D eigenvalue weighted by Crippen LogP contribution is 2.09. The summed E-state index contributed by atoms with van der Waals surface area (Å²) in [5.74, 6) is 0.161. The molecule has 0 atom stereocenters. The summed E-state index contributed by atoms with van der Waals surface area (Å²) >= 11 is 0. The van der Waals surface area contributed by atoms with Gasteiger partial charge < -0.3 is 15.6 Å². The maximum absolute atomic E-state index is 11.1. The summed E-state index contributed by atoms with van der Waals surface area (Å²) in [5.41, 5.74) is 6.73. The predicted octanol–water partition coefficient (Wildman–Crippen LogP) is 0.891. The minimum atomic E-state index is -0.480. The smallest absolute Gasteiger partial charge is 0.267 e. The Kier molecular flexibility index (Phi) is 4.38. The molecule has 0 fully saturated rings. The third-order valence-electron chi connectivity index (χ3n) is 2.63. The van der Waals surface area contributed by atoms with Crippen molar-refractivity contribution in [1.29, 1.82) is 0 Å². The summed E-state index contributed by atoms with van der Waals surface area (Å²) in [4.78, 5) is 11.1. The number of hydrogen-bond acceptors (Lipinski definition) is 3. The van der Waals surface area contributed by atoms with Gasteiger partial charge in [-0.2, -0.15) is 5.10 Å². The van der Waals surface area contributed by atoms with Crippen LogP contribution in [0.3, 0.4) is 0 Å². The molecule has 0 aliphatic heterocycles. The van der Waals surface area contributed by atoms with E-state index < -0.39 is 5.91 Å². The number of hydrogen-bond donors (Lipinski definition) is 2. The summed E-state index contributed by atoms with van der Waals surface area (Å²) in [5, 5.41) is 7.30. The Morgan fingerprint density at radius 2 is 2.22 bits per heavy atom. The van der Waals surface area contributed by atoms with Gasteiger partial charge in [-0.1, -0.05) is 0 Å². The van der Waals surface area contributed by atoms with Gasteiger partial charge in [-0.05, 0) is 12.1 Å². The number of nitrogens with zero attached hydrogens (tertiary/aromatic N) is 3. The molecule has 0 unspecified atom stereocenters. The molecule has 0 saturated carbocycles. The van der Waals surface area contributed by atoms with Crippen LogP contribution in [0.15, 0.2) is 24.4 Å². The van der Waals surface area contributed by atoms with Crippen LogP contribution in [0.2, 0.25) is 0 Å². The lowest BCUT2D eigenvalue weighted by atomic mass is 10.4. The van der Waals surface area contributed by atoms with E-state index in [2.05, 4.69) is 10.4 Å². The van der Waals surface area contributed by atoms with Crippen molar-refractivity contribution in [2.45, 2.75) is 6.54 Å². The number of nitrogens with one attached hydrogen (secondary N) is 1. The molecule has 7 heteroatoms. The van der Waals surface area contributed by atoms with Crippen LogP contribution in [0.1, 0.15) is 16.2 Å². The Bertz CT molecular complexity index is 545. The van der Waals surface area contributed by atoms with Gasteiger partial charge in [0.1, 0.15) is 11.5 Å². The van der Waals surface area contributed by atoms with Gasteiger partial charge in [0.25, 0.3) is 5.91 Å². The average Bonchev–Trinajstić information content (AvgIpc) is 2.82. The van der Waals surface area contributed by atoms with Crippen molar-refractivity contribution in [2.75, 3.05) is 5.32 Å². The first kappa shape index (κ1) is 14.1. The lowest BCUT2D eigenvalue weighted by Gasteiger charge is -2.03. The van der Waals surface area contributed by atoms with E-state index in [0.717, 1.165) is 5.69 Å². The maximum atomic E-state index is 11.1. The first-order chi connectivity index (χ1) is 8.08. The minimum Gasteiger partial charge on any atom is -0.364 e. The summed E-state index contributed by atoms with van der Waals surface area (Å²) in [6, 6.07) is 5.64. The van der Waals surface area contributed by atoms with Crippen molar-refractivity contribution in [3.05, 3.63) is 35.8 Å². The number of primary amides is 1. The Morgan fingerprint density at radius 3 is 2.72 bits per heavy atom. The highest BCUT2D eigenvalue weighted by Gasteiger charge is 2.09. The van der Waals surface area contributed by atoms with Gasteiger partial charge in [-0.15, -0.1) is 12.4 Å². The number of aromatic nitrogens is 3. The summed E-state index contributed by atoms with van der Waals surface area (Å²) in [6.45, 7) is 0.652. The lowest BCUT2D eigenvalue weighted by molar-refractivity contribution is 0.0991. The van der Waals surface area contributed by atoms with E-state index in [1.807, 2.05) is 29.9 Å². The third-order valence-corrected chi connectivity index (χ3v) is 2.63. The number of carbonyl (C=O) groups is 1. The van der Waals surface area contributed by atoms with Crippen LogP contribution in [0, 0.1) is 0 Å². The second-order valence-corrected chi connectivity index (χ2v) is 3.87. The minimum absolute atomic E-state index is 0. The molecule has 0 radical (unpaired) electrons. The van der Waals surface area contributed by atoms with Gasteiger partial charge in [0.05, 0.1) is 6.54 Å². The van der Waals surface area contributed by atoms with Gasteiger partial charge in [0.2, 0.25) is 0 Å². The van der Waals surface area contributed by atoms with Crippen LogP contribution >= 0.6 is 12.4 Å². The molecule has 2 aromatic heterocycles. The van der Waals surface area contributed by atoms with Gasteiger partial charge in [0.15, 0.2) is 0 Å². The van der Waals surface area contributed by atoms with Crippen LogP contribution < -0.4 is 11.1 Å². The summed E-state index contributed by atoms with van der Waals surface area (Å²) < 4.78 is 3.49. The quantitative estimate of drug-likeness (QED) is 0.865. The zero-order valence-electron chi connectivity index (χ0n) is 10.3. The largest absolute Gasteiger partial charge is 0.364 e. The fourth-order valence-corrected chi connectivity index (χ4v) is 1.65. The second kappa shape index (κ2) is 5.59. The molecule has 0 bridgehead atoms. The fourth-order valence-electron chi connectivity index (χ4n) is 1.65. The van der Waals surface area contributed by atoms with Gasteiger partial charge >= 0.3 is 0 Å². The first-order valence-electron chi connectivity index (χ1n) is 5.26. The van der Waals surface area contributed by atoms with Gasteiger partial charge in [-0.3, -0.25) is 9.48 Å². The molecule has 1 amide bonds. The van der Waals surface area contributed by atoms with Crippen LogP contribution in [0.5, 0.6) is 0 Å². The standard InChI is InChI=1S/C11H15N5O.ClH/c1-15-5-3-4-8(15)7-13-10-6-9(11(12)17)16(2)14-10;/h3-6H,7H2,1-2H3,(H2,12,17)(H,13,14);1H. The van der Waals surface area contributed by atoms with Crippen molar-refractivity contribution in [3.8, 4) is 0 Å². The number of amides is 1. The molecule has 0 aliphatic carbocycles. The Balaban J connectivity index is 0.00000162. The average molecular weight is 270 g/mol. The van der Waals surface area contributed by atoms with Crippen molar-refractivity contribution < 1.29 is 4.79 Å². The Morgan fingerprint density at radius 1 is 1.50 bits per heavy atom. The zero-order valence-corrected chi connectivity index (χ0v) is 11.1. The normalized spacial score (nSPS) is 9.89. The highest BCUT2D eigenvalue weighted by molar-refractivity contribution is 5.91. The van der Waals surface area contributed by atoms with Crippen molar-refractivity contribution in [2.24, 2.45) is 19.8 Å². The second-order valence-electron chi connectivity index (χ2n) is 3.87. The molecule has 0 aliphatic rings. The Hall–Kier alpha value is -1.95. The van der Waals surface area contributed by atoms with E-state index in [1.54, 1.807) is 13.1 Å². The van der Waals surface area contributed by atoms with E-state index in [9.17, 15) is 4.79 Å². The fraction of sp³-hybridized carbons (Fsp3) is 0.273. The highest BCUT2D eigenvalue weighted by atomic mass is 35.5. The summed E-state index contributed by atoms with van der Waals surface area (Å²) in [7, 11) is 3.66. The van der Waals surface area contributed by atoms with E-state index in [4.69, 9.17) is 5.73 Å². The number of aryl methyl sites for hydroxylation is 2. The summed E-state index contributed by atoms with van der Waals surface area (Å²) in [6.07, 6.45) is 1.98. The molecular formula is C11H16ClN5O. The number of nitrogens with two attached hydrogens (primary N) is 1. The van der Waals surface area contributed by atoms with E-state index in [-0.39, 0.29) is 12.4 Å². The van der Waals surface area contributed by atoms with Gasteiger partial charge in [0, 0.05) is 32.1 Å². The number of halogens is 1. The van der Waals surface area contributed by atoms with Crippen LogP contribution in [0.25, 0.3) is 0 Å². The van der Waals surface area contributed by atoms with E-state index in [1.165, 1.54) is 4.68 Å². The molecule has 2 rings (SSSR count). The van der Waals surface area contributed by atoms with Crippen LogP contribution in [-0.4, -0.2) is 20.3 Å². The predicted molar refractivity (Wildman–Crippen MR) is 71.7 cm³/mol. The number of rotatable bonds is 4. The van der Waals surface area contributed by atoms with Gasteiger partial charge in [-0.25, -0.2) is 0 Å². The number of anilines is 1. The maximum Gasteiger partial charge on any atom is 0.267 e. The molecule has 0 saturated heterocycles. The van der Waals surface area contributed by atoms with E-state index >= 15 is 0 Å². The van der Waals surface area contributed by atoms with E-state index in [0.29, 0.717) is 18.1 Å². The molecule has 0 aromatic carbocycles. The Labute approximate surface area is 111 Å². The van der Waals surface area contributed by atoms with Crippen molar-refractivity contribution >= 4 is 24.1 Å². The lowest BCUT2D eigenvalue weighted by Crippen LogP contribution is -2.15. The first-order valence-corrected chi connectivity index (χ1v) is 5.26.